The summed E-state index contributed by atoms with van der Waals surface area (Å²) in [6.45, 7) is 3.37. The number of sulfonamides is 1. The first-order valence-corrected chi connectivity index (χ1v) is 11.0. The fourth-order valence-corrected chi connectivity index (χ4v) is 3.94. The second-order valence-electron chi connectivity index (χ2n) is 6.60. The van der Waals surface area contributed by atoms with Crippen LogP contribution in [0.2, 0.25) is 5.02 Å². The minimum absolute atomic E-state index is 0.0634. The van der Waals surface area contributed by atoms with E-state index in [9.17, 15) is 13.2 Å². The van der Waals surface area contributed by atoms with Gasteiger partial charge in [0, 0.05) is 10.7 Å². The lowest BCUT2D eigenvalue weighted by Gasteiger charge is -2.15. The van der Waals surface area contributed by atoms with Gasteiger partial charge in [-0.25, -0.2) is 8.42 Å². The number of ether oxygens (including phenoxy) is 1. The van der Waals surface area contributed by atoms with Gasteiger partial charge in [-0.1, -0.05) is 35.9 Å². The summed E-state index contributed by atoms with van der Waals surface area (Å²) in [6.07, 6.45) is -0.719. The van der Waals surface area contributed by atoms with E-state index in [1.807, 2.05) is 18.2 Å². The number of halogens is 1. The summed E-state index contributed by atoms with van der Waals surface area (Å²) in [7, 11) is -3.80. The van der Waals surface area contributed by atoms with E-state index < -0.39 is 16.1 Å². The van der Waals surface area contributed by atoms with Gasteiger partial charge in [0.05, 0.1) is 10.6 Å². The van der Waals surface area contributed by atoms with E-state index in [2.05, 4.69) is 10.0 Å². The predicted octanol–water partition coefficient (Wildman–Crippen LogP) is 4.86. The van der Waals surface area contributed by atoms with Gasteiger partial charge in [0.2, 0.25) is 0 Å². The number of nitrogens with one attached hydrogen (secondary N) is 2. The van der Waals surface area contributed by atoms with Crippen molar-refractivity contribution in [1.82, 2.24) is 0 Å². The number of benzene rings is 3. The third kappa shape index (κ3) is 5.31. The number of para-hydroxylation sites is 1. The Bertz CT molecular complexity index is 1130. The molecule has 1 unspecified atom stereocenters. The van der Waals surface area contributed by atoms with Crippen LogP contribution < -0.4 is 14.8 Å². The van der Waals surface area contributed by atoms with Gasteiger partial charge in [-0.15, -0.1) is 0 Å². The minimum atomic E-state index is -3.80. The largest absolute Gasteiger partial charge is 0.481 e. The van der Waals surface area contributed by atoms with E-state index in [1.165, 1.54) is 24.3 Å². The highest BCUT2D eigenvalue weighted by Crippen LogP contribution is 2.26. The normalized spacial score (nSPS) is 12.1. The Morgan fingerprint density at radius 1 is 0.967 bits per heavy atom. The van der Waals surface area contributed by atoms with E-state index >= 15 is 0 Å². The number of carbonyl (C=O) groups excluding carboxylic acids is 1. The molecule has 0 aliphatic rings. The summed E-state index contributed by atoms with van der Waals surface area (Å²) in [5.41, 5.74) is 1.51. The van der Waals surface area contributed by atoms with Crippen LogP contribution in [0.3, 0.4) is 0 Å². The Morgan fingerprint density at radius 2 is 1.63 bits per heavy atom. The Kier molecular flexibility index (Phi) is 6.64. The van der Waals surface area contributed by atoms with Crippen molar-refractivity contribution < 1.29 is 17.9 Å². The van der Waals surface area contributed by atoms with Crippen LogP contribution in [0.5, 0.6) is 5.75 Å². The van der Waals surface area contributed by atoms with Crippen molar-refractivity contribution in [1.29, 1.82) is 0 Å². The third-order valence-corrected chi connectivity index (χ3v) is 6.16. The first-order chi connectivity index (χ1) is 14.3. The van der Waals surface area contributed by atoms with Gasteiger partial charge in [0.1, 0.15) is 5.75 Å². The number of rotatable bonds is 7. The quantitative estimate of drug-likeness (QED) is 0.545. The topological polar surface area (TPSA) is 84.5 Å². The first kappa shape index (κ1) is 21.7. The molecule has 3 aromatic rings. The number of carbonyl (C=O) groups is 1. The number of anilines is 2. The summed E-state index contributed by atoms with van der Waals surface area (Å²) in [5, 5.41) is 3.18. The van der Waals surface area contributed by atoms with E-state index in [4.69, 9.17) is 16.3 Å². The molecule has 156 valence electrons. The van der Waals surface area contributed by atoms with E-state index in [-0.39, 0.29) is 10.8 Å². The maximum atomic E-state index is 12.6. The van der Waals surface area contributed by atoms with Crippen LogP contribution in [0, 0.1) is 6.92 Å². The highest BCUT2D eigenvalue weighted by atomic mass is 35.5. The molecule has 0 bridgehead atoms. The van der Waals surface area contributed by atoms with Crippen LogP contribution in [0.25, 0.3) is 0 Å². The number of hydrogen-bond acceptors (Lipinski definition) is 4. The molecule has 3 aromatic carbocycles. The maximum absolute atomic E-state index is 12.6. The van der Waals surface area contributed by atoms with Gasteiger partial charge in [-0.05, 0) is 67.9 Å². The molecule has 30 heavy (non-hydrogen) atoms. The van der Waals surface area contributed by atoms with Gasteiger partial charge >= 0.3 is 0 Å². The van der Waals surface area contributed by atoms with Gasteiger partial charge in [-0.2, -0.15) is 0 Å². The van der Waals surface area contributed by atoms with E-state index in [0.717, 1.165) is 0 Å². The predicted molar refractivity (Wildman–Crippen MR) is 119 cm³/mol. The average Bonchev–Trinajstić information content (AvgIpc) is 2.72. The standard InChI is InChI=1S/C22H21ClN2O4S/c1-15-20(23)9-6-10-21(15)25-30(27,28)19-13-11-17(12-14-19)24-22(26)16(2)29-18-7-4-3-5-8-18/h3-14,16,25H,1-2H3,(H,24,26). The number of amides is 1. The van der Waals surface area contributed by atoms with Crippen LogP contribution in [-0.4, -0.2) is 20.4 Å². The van der Waals surface area contributed by atoms with Gasteiger partial charge < -0.3 is 10.1 Å². The zero-order valence-electron chi connectivity index (χ0n) is 16.4. The molecule has 0 saturated carbocycles. The van der Waals surface area contributed by atoms with Gasteiger partial charge in [0.25, 0.3) is 15.9 Å². The maximum Gasteiger partial charge on any atom is 0.265 e. The van der Waals surface area contributed by atoms with Crippen molar-refractivity contribution in [3.63, 3.8) is 0 Å². The smallest absolute Gasteiger partial charge is 0.265 e. The molecule has 0 spiro atoms. The molecule has 0 fully saturated rings. The SMILES string of the molecule is Cc1c(Cl)cccc1NS(=O)(=O)c1ccc(NC(=O)C(C)Oc2ccccc2)cc1. The molecule has 1 atom stereocenters. The fraction of sp³-hybridized carbons (Fsp3) is 0.136. The molecular formula is C22H21ClN2O4S. The van der Waals surface area contributed by atoms with Crippen LogP contribution >= 0.6 is 11.6 Å². The molecule has 2 N–H and O–H groups in total. The number of hydrogen-bond donors (Lipinski definition) is 2. The zero-order chi connectivity index (χ0) is 21.7. The Balaban J connectivity index is 1.66. The molecule has 1 amide bonds. The molecule has 8 heteroatoms. The molecule has 0 saturated heterocycles. The van der Waals surface area contributed by atoms with Crippen molar-refractivity contribution >= 4 is 38.9 Å². The summed E-state index contributed by atoms with van der Waals surface area (Å²) in [4.78, 5) is 12.4. The second kappa shape index (κ2) is 9.19. The summed E-state index contributed by atoms with van der Waals surface area (Å²) < 4.78 is 33.4. The lowest BCUT2D eigenvalue weighted by Crippen LogP contribution is -2.30. The summed E-state index contributed by atoms with van der Waals surface area (Å²) in [6, 6.07) is 19.9. The van der Waals surface area contributed by atoms with E-state index in [0.29, 0.717) is 27.7 Å². The molecule has 0 aliphatic carbocycles. The van der Waals surface area contributed by atoms with Gasteiger partial charge in [-0.3, -0.25) is 9.52 Å². The van der Waals surface area contributed by atoms with Crippen molar-refractivity contribution in [2.75, 3.05) is 10.0 Å². The fourth-order valence-electron chi connectivity index (χ4n) is 2.64. The molecular weight excluding hydrogens is 424 g/mol. The highest BCUT2D eigenvalue weighted by molar-refractivity contribution is 7.92. The van der Waals surface area contributed by atoms with Crippen molar-refractivity contribution in [2.45, 2.75) is 24.8 Å². The molecule has 0 radical (unpaired) electrons. The van der Waals surface area contributed by atoms with E-state index in [1.54, 1.807) is 44.2 Å². The summed E-state index contributed by atoms with van der Waals surface area (Å²) in [5.74, 6) is 0.242. The monoisotopic (exact) mass is 444 g/mol. The molecule has 0 aromatic heterocycles. The van der Waals surface area contributed by atoms with Crippen LogP contribution in [0.4, 0.5) is 11.4 Å². The molecule has 0 heterocycles. The average molecular weight is 445 g/mol. The summed E-state index contributed by atoms with van der Waals surface area (Å²) >= 11 is 6.05. The van der Waals surface area contributed by atoms with Crippen molar-refractivity contribution in [3.05, 3.63) is 83.4 Å². The second-order valence-corrected chi connectivity index (χ2v) is 8.69. The Labute approximate surface area is 180 Å². The molecule has 6 nitrogen and oxygen atoms in total. The molecule has 3 rings (SSSR count). The highest BCUT2D eigenvalue weighted by Gasteiger charge is 2.18. The first-order valence-electron chi connectivity index (χ1n) is 9.17. The van der Waals surface area contributed by atoms with Crippen molar-refractivity contribution in [2.24, 2.45) is 0 Å². The van der Waals surface area contributed by atoms with Crippen molar-refractivity contribution in [3.8, 4) is 5.75 Å². The lowest BCUT2D eigenvalue weighted by atomic mass is 10.2. The lowest BCUT2D eigenvalue weighted by molar-refractivity contribution is -0.122. The van der Waals surface area contributed by atoms with Crippen LogP contribution in [-0.2, 0) is 14.8 Å². The van der Waals surface area contributed by atoms with Crippen LogP contribution in [0.1, 0.15) is 12.5 Å². The minimum Gasteiger partial charge on any atom is -0.481 e. The molecule has 0 aliphatic heterocycles. The third-order valence-electron chi connectivity index (χ3n) is 4.37. The Hall–Kier alpha value is -3.03. The van der Waals surface area contributed by atoms with Crippen LogP contribution in [0.15, 0.2) is 77.7 Å². The zero-order valence-corrected chi connectivity index (χ0v) is 18.0. The Morgan fingerprint density at radius 3 is 2.30 bits per heavy atom. The van der Waals surface area contributed by atoms with Gasteiger partial charge in [0.15, 0.2) is 6.10 Å².